The minimum Gasteiger partial charge on any atom is -0.396 e. The van der Waals surface area contributed by atoms with Gasteiger partial charge in [0.05, 0.1) is 17.1 Å². The van der Waals surface area contributed by atoms with Crippen molar-refractivity contribution in [1.82, 2.24) is 19.5 Å². The highest BCUT2D eigenvalue weighted by Gasteiger charge is 2.20. The Morgan fingerprint density at radius 2 is 2.19 bits per heavy atom. The van der Waals surface area contributed by atoms with Gasteiger partial charge in [-0.05, 0) is 35.0 Å². The highest BCUT2D eigenvalue weighted by molar-refractivity contribution is 9.10. The molecule has 2 aromatic rings. The Morgan fingerprint density at radius 1 is 1.48 bits per heavy atom. The first-order valence-electron chi connectivity index (χ1n) is 5.96. The summed E-state index contributed by atoms with van der Waals surface area (Å²) in [7, 11) is -3.86. The van der Waals surface area contributed by atoms with Crippen LogP contribution in [0.4, 0.5) is 10.1 Å². The van der Waals surface area contributed by atoms with Crippen molar-refractivity contribution < 1.29 is 12.8 Å². The van der Waals surface area contributed by atoms with E-state index in [2.05, 4.69) is 30.8 Å². The first kappa shape index (κ1) is 15.9. The lowest BCUT2D eigenvalue weighted by Crippen LogP contribution is -2.25. The fourth-order valence-corrected chi connectivity index (χ4v) is 3.70. The minimum absolute atomic E-state index is 0.0279. The summed E-state index contributed by atoms with van der Waals surface area (Å²) in [5.74, 6) is -0.209. The van der Waals surface area contributed by atoms with Gasteiger partial charge in [0.25, 0.3) is 0 Å². The monoisotopic (exact) mass is 377 g/mol. The van der Waals surface area contributed by atoms with E-state index < -0.39 is 15.8 Å². The molecule has 21 heavy (non-hydrogen) atoms. The smallest absolute Gasteiger partial charge is 0.242 e. The van der Waals surface area contributed by atoms with Crippen LogP contribution in [0, 0.1) is 5.82 Å². The molecule has 7 nitrogen and oxygen atoms in total. The largest absolute Gasteiger partial charge is 0.396 e. The van der Waals surface area contributed by atoms with Crippen molar-refractivity contribution in [2.75, 3.05) is 5.73 Å². The summed E-state index contributed by atoms with van der Waals surface area (Å²) in [6.07, 6.45) is 1.51. The van der Waals surface area contributed by atoms with E-state index in [0.717, 1.165) is 12.1 Å². The zero-order chi connectivity index (χ0) is 15.6. The average molecular weight is 378 g/mol. The van der Waals surface area contributed by atoms with Crippen LogP contribution < -0.4 is 10.5 Å². The zero-order valence-electron chi connectivity index (χ0n) is 11.0. The van der Waals surface area contributed by atoms with Gasteiger partial charge in [0.15, 0.2) is 0 Å². The maximum atomic E-state index is 13.3. The molecule has 0 aliphatic carbocycles. The van der Waals surface area contributed by atoms with E-state index in [4.69, 9.17) is 5.73 Å². The van der Waals surface area contributed by atoms with Crippen LogP contribution in [0.15, 0.2) is 27.8 Å². The molecule has 114 valence electrons. The highest BCUT2D eigenvalue weighted by atomic mass is 79.9. The fourth-order valence-electron chi connectivity index (χ4n) is 1.67. The van der Waals surface area contributed by atoms with Crippen molar-refractivity contribution in [1.29, 1.82) is 0 Å². The van der Waals surface area contributed by atoms with Crippen LogP contribution in [0.2, 0.25) is 0 Å². The third-order valence-corrected chi connectivity index (χ3v) is 5.16. The van der Waals surface area contributed by atoms with Gasteiger partial charge in [0.1, 0.15) is 18.0 Å². The lowest BCUT2D eigenvalue weighted by atomic mass is 10.3. The molecule has 2 rings (SSSR count). The number of benzene rings is 1. The molecule has 10 heteroatoms. The second-order valence-electron chi connectivity index (χ2n) is 4.16. The van der Waals surface area contributed by atoms with Gasteiger partial charge in [0, 0.05) is 11.0 Å². The van der Waals surface area contributed by atoms with Crippen molar-refractivity contribution in [3.8, 4) is 0 Å². The summed E-state index contributed by atoms with van der Waals surface area (Å²) in [6.45, 7) is 2.48. The van der Waals surface area contributed by atoms with E-state index in [1.807, 2.05) is 6.92 Å². The van der Waals surface area contributed by atoms with Crippen LogP contribution in [-0.4, -0.2) is 23.2 Å². The number of rotatable bonds is 5. The molecular formula is C11H13BrFN5O2S. The summed E-state index contributed by atoms with van der Waals surface area (Å²) in [6, 6.07) is 2.07. The Bertz CT molecular complexity index is 762. The number of anilines is 1. The summed E-state index contributed by atoms with van der Waals surface area (Å²) in [5.41, 5.74) is 5.17. The molecule has 0 radical (unpaired) electrons. The molecule has 0 unspecified atom stereocenters. The van der Waals surface area contributed by atoms with Crippen LogP contribution in [-0.2, 0) is 23.1 Å². The van der Waals surface area contributed by atoms with Gasteiger partial charge in [-0.3, -0.25) is 0 Å². The van der Waals surface area contributed by atoms with E-state index >= 15 is 0 Å². The number of hydrogen-bond donors (Lipinski definition) is 2. The van der Waals surface area contributed by atoms with Crippen molar-refractivity contribution in [2.45, 2.75) is 24.9 Å². The Balaban J connectivity index is 2.25. The molecule has 1 heterocycles. The lowest BCUT2D eigenvalue weighted by molar-refractivity contribution is 0.574. The number of nitrogens with one attached hydrogen (secondary N) is 1. The van der Waals surface area contributed by atoms with Crippen LogP contribution in [0.5, 0.6) is 0 Å². The quantitative estimate of drug-likeness (QED) is 0.763. The summed E-state index contributed by atoms with van der Waals surface area (Å²) in [4.78, 5) is -0.135. The van der Waals surface area contributed by atoms with Crippen molar-refractivity contribution in [3.63, 3.8) is 0 Å². The van der Waals surface area contributed by atoms with Crippen LogP contribution >= 0.6 is 15.9 Å². The molecule has 0 amide bonds. The molecular weight excluding hydrogens is 365 g/mol. The number of nitrogens with two attached hydrogens (primary N) is 1. The number of sulfonamides is 1. The average Bonchev–Trinajstić information content (AvgIpc) is 2.88. The second kappa shape index (κ2) is 6.08. The van der Waals surface area contributed by atoms with Crippen LogP contribution in [0.1, 0.15) is 12.7 Å². The molecule has 3 N–H and O–H groups in total. The molecule has 1 aromatic carbocycles. The molecule has 0 aliphatic heterocycles. The molecule has 0 fully saturated rings. The van der Waals surface area contributed by atoms with E-state index in [1.165, 1.54) is 6.33 Å². The van der Waals surface area contributed by atoms with Crippen molar-refractivity contribution in [3.05, 3.63) is 34.6 Å². The minimum atomic E-state index is -3.86. The number of nitrogens with zero attached hydrogens (tertiary/aromatic N) is 3. The Kier molecular flexibility index (Phi) is 4.59. The molecule has 0 spiro atoms. The SMILES string of the molecule is CCn1cnnc1CNS(=O)(=O)c1cc(N)c(F)cc1Br. The molecule has 1 aromatic heterocycles. The van der Waals surface area contributed by atoms with Gasteiger partial charge in [-0.2, -0.15) is 0 Å². The number of aromatic nitrogens is 3. The van der Waals surface area contributed by atoms with E-state index in [1.54, 1.807) is 4.57 Å². The zero-order valence-corrected chi connectivity index (χ0v) is 13.4. The number of hydrogen-bond acceptors (Lipinski definition) is 5. The van der Waals surface area contributed by atoms with Crippen LogP contribution in [0.25, 0.3) is 0 Å². The van der Waals surface area contributed by atoms with Crippen molar-refractivity contribution >= 4 is 31.6 Å². The normalized spacial score (nSPS) is 11.8. The van der Waals surface area contributed by atoms with Gasteiger partial charge in [-0.1, -0.05) is 0 Å². The van der Waals surface area contributed by atoms with E-state index in [0.29, 0.717) is 12.4 Å². The highest BCUT2D eigenvalue weighted by Crippen LogP contribution is 2.26. The number of nitrogen functional groups attached to an aromatic ring is 1. The lowest BCUT2D eigenvalue weighted by Gasteiger charge is -2.10. The molecule has 0 aliphatic rings. The Hall–Kier alpha value is -1.52. The van der Waals surface area contributed by atoms with E-state index in [-0.39, 0.29) is 21.6 Å². The standard InChI is InChI=1S/C11H13BrFN5O2S/c1-2-18-6-15-17-11(18)5-16-21(19,20)10-4-9(14)8(13)3-7(10)12/h3-4,6,16H,2,5,14H2,1H3. The maximum Gasteiger partial charge on any atom is 0.242 e. The number of aryl methyl sites for hydroxylation is 1. The Morgan fingerprint density at radius 3 is 2.86 bits per heavy atom. The predicted octanol–water partition coefficient (Wildman–Crippen LogP) is 1.26. The van der Waals surface area contributed by atoms with Gasteiger partial charge in [-0.15, -0.1) is 10.2 Å². The van der Waals surface area contributed by atoms with Gasteiger partial charge >= 0.3 is 0 Å². The first-order chi connectivity index (χ1) is 9.85. The van der Waals surface area contributed by atoms with Crippen molar-refractivity contribution in [2.24, 2.45) is 0 Å². The topological polar surface area (TPSA) is 103 Å². The summed E-state index contributed by atoms with van der Waals surface area (Å²) < 4.78 is 41.9. The maximum absolute atomic E-state index is 13.3. The molecule has 0 saturated carbocycles. The third-order valence-electron chi connectivity index (χ3n) is 2.80. The van der Waals surface area contributed by atoms with Gasteiger partial charge < -0.3 is 10.3 Å². The summed E-state index contributed by atoms with van der Waals surface area (Å²) in [5, 5.41) is 7.54. The summed E-state index contributed by atoms with van der Waals surface area (Å²) >= 11 is 3.02. The van der Waals surface area contributed by atoms with Crippen LogP contribution in [0.3, 0.4) is 0 Å². The van der Waals surface area contributed by atoms with Gasteiger partial charge in [0.2, 0.25) is 10.0 Å². The molecule has 0 atom stereocenters. The molecule has 0 saturated heterocycles. The van der Waals surface area contributed by atoms with Gasteiger partial charge in [-0.25, -0.2) is 17.5 Å². The Labute approximate surface area is 129 Å². The third kappa shape index (κ3) is 3.39. The fraction of sp³-hybridized carbons (Fsp3) is 0.273. The van der Waals surface area contributed by atoms with E-state index in [9.17, 15) is 12.8 Å². The second-order valence-corrected chi connectivity index (χ2v) is 6.75. The first-order valence-corrected chi connectivity index (χ1v) is 8.23. The number of halogens is 2. The predicted molar refractivity (Wildman–Crippen MR) is 78.2 cm³/mol. The molecule has 0 bridgehead atoms.